The average molecular weight is 265 g/mol. The molecule has 1 aromatic rings. The fourth-order valence-electron chi connectivity index (χ4n) is 0.624. The van der Waals surface area contributed by atoms with Crippen molar-refractivity contribution < 1.29 is 0 Å². The highest BCUT2D eigenvalue weighted by molar-refractivity contribution is 9.11. The molecule has 0 aliphatic rings. The number of pyridine rings is 1. The summed E-state index contributed by atoms with van der Waals surface area (Å²) in [6, 6.07) is 3.64. The molecule has 4 heteroatoms. The number of hydrogen-bond donors (Lipinski definition) is 0. The van der Waals surface area contributed by atoms with Crippen molar-refractivity contribution in [2.24, 2.45) is 0 Å². The van der Waals surface area contributed by atoms with E-state index in [4.69, 9.17) is 11.6 Å². The molecule has 0 amide bonds. The summed E-state index contributed by atoms with van der Waals surface area (Å²) in [5.74, 6) is 0.788. The zero-order valence-electron chi connectivity index (χ0n) is 6.26. The van der Waals surface area contributed by atoms with Crippen LogP contribution in [-0.2, 0) is 0 Å². The highest BCUT2D eigenvalue weighted by Gasteiger charge is 2.00. The van der Waals surface area contributed by atoms with Crippen LogP contribution < -0.4 is 0 Å². The summed E-state index contributed by atoms with van der Waals surface area (Å²) < 4.78 is 0.939. The second-order valence-electron chi connectivity index (χ2n) is 2.10. The van der Waals surface area contributed by atoms with Crippen LogP contribution in [0.15, 0.2) is 34.4 Å². The van der Waals surface area contributed by atoms with Gasteiger partial charge in [0.25, 0.3) is 0 Å². The van der Waals surface area contributed by atoms with Crippen molar-refractivity contribution in [1.82, 2.24) is 4.98 Å². The lowest BCUT2D eigenvalue weighted by atomic mass is 10.5. The lowest BCUT2D eigenvalue weighted by Crippen LogP contribution is -1.82. The second kappa shape index (κ2) is 4.90. The van der Waals surface area contributed by atoms with E-state index in [-0.39, 0.29) is 0 Å². The lowest BCUT2D eigenvalue weighted by Gasteiger charge is -2.00. The molecule has 0 fully saturated rings. The lowest BCUT2D eigenvalue weighted by molar-refractivity contribution is 1.14. The van der Waals surface area contributed by atoms with Gasteiger partial charge in [0.1, 0.15) is 5.03 Å². The Morgan fingerprint density at radius 3 is 3.08 bits per heavy atom. The summed E-state index contributed by atoms with van der Waals surface area (Å²) in [5.41, 5.74) is 0. The highest BCUT2D eigenvalue weighted by atomic mass is 79.9. The summed E-state index contributed by atoms with van der Waals surface area (Å²) >= 11 is 10.7. The molecule has 1 rings (SSSR count). The molecule has 0 spiro atoms. The molecule has 0 atom stereocenters. The van der Waals surface area contributed by atoms with Gasteiger partial charge >= 0.3 is 0 Å². The van der Waals surface area contributed by atoms with Crippen LogP contribution in [0.3, 0.4) is 0 Å². The molecule has 1 nitrogen and oxygen atoms in total. The molecule has 0 saturated carbocycles. The van der Waals surface area contributed by atoms with Crippen molar-refractivity contribution in [3.63, 3.8) is 0 Å². The van der Waals surface area contributed by atoms with E-state index in [1.165, 1.54) is 0 Å². The standard InChI is InChI=1S/C8H7BrClNS/c1-6(9)5-12-8-7(10)3-2-4-11-8/h2-4H,1,5H2. The van der Waals surface area contributed by atoms with Gasteiger partial charge in [-0.1, -0.05) is 45.9 Å². The predicted octanol–water partition coefficient (Wildman–Crippen LogP) is 3.74. The SMILES string of the molecule is C=C(Br)CSc1ncccc1Cl. The van der Waals surface area contributed by atoms with E-state index in [2.05, 4.69) is 27.5 Å². The van der Waals surface area contributed by atoms with Gasteiger partial charge in [0, 0.05) is 11.9 Å². The molecule has 0 radical (unpaired) electrons. The third kappa shape index (κ3) is 3.17. The van der Waals surface area contributed by atoms with E-state index in [1.807, 2.05) is 12.1 Å². The van der Waals surface area contributed by atoms with Gasteiger partial charge in [0.15, 0.2) is 0 Å². The Balaban J connectivity index is 2.63. The van der Waals surface area contributed by atoms with Crippen LogP contribution in [0, 0.1) is 0 Å². The van der Waals surface area contributed by atoms with E-state index < -0.39 is 0 Å². The molecular formula is C8H7BrClNS. The topological polar surface area (TPSA) is 12.9 Å². The molecule has 0 saturated heterocycles. The van der Waals surface area contributed by atoms with Crippen molar-refractivity contribution in [1.29, 1.82) is 0 Å². The van der Waals surface area contributed by atoms with E-state index >= 15 is 0 Å². The molecule has 0 aromatic carbocycles. The van der Waals surface area contributed by atoms with Gasteiger partial charge in [-0.05, 0) is 16.6 Å². The van der Waals surface area contributed by atoms with Gasteiger partial charge < -0.3 is 0 Å². The Hall–Kier alpha value is 0.01000. The third-order valence-corrected chi connectivity index (χ3v) is 3.25. The van der Waals surface area contributed by atoms with E-state index in [0.717, 1.165) is 15.3 Å². The van der Waals surface area contributed by atoms with Crippen molar-refractivity contribution in [3.05, 3.63) is 34.4 Å². The highest BCUT2D eigenvalue weighted by Crippen LogP contribution is 2.26. The maximum atomic E-state index is 5.88. The molecule has 1 heterocycles. The Morgan fingerprint density at radius 1 is 1.75 bits per heavy atom. The van der Waals surface area contributed by atoms with Gasteiger partial charge in [0.05, 0.1) is 5.02 Å². The number of thioether (sulfide) groups is 1. The van der Waals surface area contributed by atoms with Crippen LogP contribution in [0.25, 0.3) is 0 Å². The smallest absolute Gasteiger partial charge is 0.115 e. The second-order valence-corrected chi connectivity index (χ2v) is 4.59. The van der Waals surface area contributed by atoms with Gasteiger partial charge in [-0.2, -0.15) is 0 Å². The summed E-state index contributed by atoms with van der Waals surface area (Å²) in [6.45, 7) is 3.72. The van der Waals surface area contributed by atoms with Crippen LogP contribution in [0.5, 0.6) is 0 Å². The Labute approximate surface area is 89.4 Å². The molecule has 0 aliphatic heterocycles. The van der Waals surface area contributed by atoms with Gasteiger partial charge in [-0.15, -0.1) is 0 Å². The third-order valence-electron chi connectivity index (χ3n) is 1.09. The van der Waals surface area contributed by atoms with E-state index in [9.17, 15) is 0 Å². The zero-order chi connectivity index (χ0) is 8.97. The first kappa shape index (κ1) is 10.1. The maximum absolute atomic E-state index is 5.88. The molecule has 0 aliphatic carbocycles. The van der Waals surface area contributed by atoms with Gasteiger partial charge in [-0.3, -0.25) is 0 Å². The van der Waals surface area contributed by atoms with Crippen LogP contribution in [-0.4, -0.2) is 10.7 Å². The fraction of sp³-hybridized carbons (Fsp3) is 0.125. The number of hydrogen-bond acceptors (Lipinski definition) is 2. The molecule has 64 valence electrons. The van der Waals surface area contributed by atoms with Crippen LogP contribution in [0.1, 0.15) is 0 Å². The molecule has 0 bridgehead atoms. The first-order valence-electron chi connectivity index (χ1n) is 3.27. The average Bonchev–Trinajstić information content (AvgIpc) is 2.03. The Bertz CT molecular complexity index is 290. The predicted molar refractivity (Wildman–Crippen MR) is 58.0 cm³/mol. The molecule has 0 unspecified atom stereocenters. The molecule has 1 aromatic heterocycles. The molecular weight excluding hydrogens is 258 g/mol. The summed E-state index contributed by atoms with van der Waals surface area (Å²) in [5, 5.41) is 1.54. The number of aromatic nitrogens is 1. The fourth-order valence-corrected chi connectivity index (χ4v) is 1.89. The summed E-state index contributed by atoms with van der Waals surface area (Å²) in [6.07, 6.45) is 1.73. The minimum atomic E-state index is 0.691. The van der Waals surface area contributed by atoms with Gasteiger partial charge in [-0.25, -0.2) is 4.98 Å². The molecule has 0 N–H and O–H groups in total. The summed E-state index contributed by atoms with van der Waals surface area (Å²) in [7, 11) is 0. The minimum Gasteiger partial charge on any atom is -0.248 e. The normalized spacial score (nSPS) is 9.83. The zero-order valence-corrected chi connectivity index (χ0v) is 9.42. The van der Waals surface area contributed by atoms with Crippen LogP contribution >= 0.6 is 39.3 Å². The first-order valence-corrected chi connectivity index (χ1v) is 5.42. The Kier molecular flexibility index (Phi) is 4.12. The minimum absolute atomic E-state index is 0.691. The van der Waals surface area contributed by atoms with Crippen LogP contribution in [0.4, 0.5) is 0 Å². The van der Waals surface area contributed by atoms with Crippen molar-refractivity contribution in [2.45, 2.75) is 5.03 Å². The number of rotatable bonds is 3. The summed E-state index contributed by atoms with van der Waals surface area (Å²) in [4.78, 5) is 4.12. The first-order chi connectivity index (χ1) is 5.70. The largest absolute Gasteiger partial charge is 0.248 e. The van der Waals surface area contributed by atoms with E-state index in [1.54, 1.807) is 18.0 Å². The molecule has 12 heavy (non-hydrogen) atoms. The maximum Gasteiger partial charge on any atom is 0.115 e. The van der Waals surface area contributed by atoms with E-state index in [0.29, 0.717) is 5.02 Å². The number of nitrogens with zero attached hydrogens (tertiary/aromatic N) is 1. The van der Waals surface area contributed by atoms with Crippen molar-refractivity contribution in [3.8, 4) is 0 Å². The van der Waals surface area contributed by atoms with Crippen LogP contribution in [0.2, 0.25) is 5.02 Å². The Morgan fingerprint density at radius 2 is 2.50 bits per heavy atom. The monoisotopic (exact) mass is 263 g/mol. The quantitative estimate of drug-likeness (QED) is 0.772. The van der Waals surface area contributed by atoms with Gasteiger partial charge in [0.2, 0.25) is 0 Å². The number of halogens is 2. The van der Waals surface area contributed by atoms with Crippen molar-refractivity contribution in [2.75, 3.05) is 5.75 Å². The van der Waals surface area contributed by atoms with Crippen molar-refractivity contribution >= 4 is 39.3 Å².